The van der Waals surface area contributed by atoms with Crippen molar-refractivity contribution in [1.29, 1.82) is 0 Å². The first-order valence-electron chi connectivity index (χ1n) is 8.66. The molecular formula is C18H28N2O4S. The maximum absolute atomic E-state index is 12.4. The molecule has 25 heavy (non-hydrogen) atoms. The fraction of sp³-hybridized carbons (Fsp3) is 0.611. The molecule has 0 bridgehead atoms. The highest BCUT2D eigenvalue weighted by Gasteiger charge is 2.51. The molecule has 0 spiro atoms. The van der Waals surface area contributed by atoms with Gasteiger partial charge in [-0.05, 0) is 19.4 Å². The largest absolute Gasteiger partial charge is 0.394 e. The van der Waals surface area contributed by atoms with Gasteiger partial charge in [-0.25, -0.2) is 8.42 Å². The molecule has 3 atom stereocenters. The fourth-order valence-corrected chi connectivity index (χ4v) is 4.92. The minimum atomic E-state index is -3.39. The molecule has 1 aromatic rings. The van der Waals surface area contributed by atoms with E-state index in [1.807, 2.05) is 44.2 Å². The highest BCUT2D eigenvalue weighted by atomic mass is 32.2. The first-order chi connectivity index (χ1) is 11.7. The second-order valence-corrected chi connectivity index (χ2v) is 8.77. The van der Waals surface area contributed by atoms with E-state index in [9.17, 15) is 18.3 Å². The average molecular weight is 368 g/mol. The van der Waals surface area contributed by atoms with Crippen LogP contribution in [0, 0.1) is 0 Å². The Morgan fingerprint density at radius 2 is 1.84 bits per heavy atom. The average Bonchev–Trinajstić information content (AvgIpc) is 2.53. The van der Waals surface area contributed by atoms with Crippen molar-refractivity contribution < 1.29 is 18.3 Å². The van der Waals surface area contributed by atoms with E-state index in [1.54, 1.807) is 11.8 Å². The molecule has 0 aliphatic carbocycles. The molecule has 1 fully saturated rings. The molecule has 1 heterocycles. The van der Waals surface area contributed by atoms with Crippen molar-refractivity contribution in [3.05, 3.63) is 35.9 Å². The van der Waals surface area contributed by atoms with Gasteiger partial charge >= 0.3 is 0 Å². The molecular weight excluding hydrogens is 340 g/mol. The first kappa shape index (κ1) is 19.9. The minimum absolute atomic E-state index is 0.0616. The Hall–Kier alpha value is -1.44. The quantitative estimate of drug-likeness (QED) is 0.790. The van der Waals surface area contributed by atoms with E-state index >= 15 is 0 Å². The van der Waals surface area contributed by atoms with Gasteiger partial charge in [-0.15, -0.1) is 0 Å². The van der Waals surface area contributed by atoms with Gasteiger partial charge in [0.05, 0.1) is 24.9 Å². The summed E-state index contributed by atoms with van der Waals surface area (Å²) in [7, 11) is -3.39. The summed E-state index contributed by atoms with van der Waals surface area (Å²) in [4.78, 5) is 14.1. The van der Waals surface area contributed by atoms with Crippen molar-refractivity contribution in [3.8, 4) is 0 Å². The third kappa shape index (κ3) is 4.04. The maximum atomic E-state index is 12.4. The number of aliphatic hydroxyl groups is 1. The number of rotatable bonds is 7. The third-order valence-electron chi connectivity index (χ3n) is 4.87. The molecule has 0 unspecified atom stereocenters. The van der Waals surface area contributed by atoms with Crippen LogP contribution in [0.2, 0.25) is 0 Å². The summed E-state index contributed by atoms with van der Waals surface area (Å²) in [6.07, 6.45) is 1.52. The lowest BCUT2D eigenvalue weighted by atomic mass is 9.74. The Balaban J connectivity index is 2.38. The van der Waals surface area contributed by atoms with Gasteiger partial charge in [0.2, 0.25) is 15.9 Å². The lowest BCUT2D eigenvalue weighted by Gasteiger charge is -2.56. The monoisotopic (exact) mass is 368 g/mol. The van der Waals surface area contributed by atoms with Crippen LogP contribution in [0.5, 0.6) is 0 Å². The summed E-state index contributed by atoms with van der Waals surface area (Å²) in [5, 5.41) is 9.83. The molecule has 0 saturated carbocycles. The molecule has 0 aromatic heterocycles. The van der Waals surface area contributed by atoms with Gasteiger partial charge in [0.15, 0.2) is 0 Å². The van der Waals surface area contributed by atoms with Crippen molar-refractivity contribution in [2.24, 2.45) is 0 Å². The predicted octanol–water partition coefficient (Wildman–Crippen LogP) is 1.42. The third-order valence-corrected chi connectivity index (χ3v) is 6.30. The molecule has 1 aromatic carbocycles. The summed E-state index contributed by atoms with van der Waals surface area (Å²) < 4.78 is 25.8. The van der Waals surface area contributed by atoms with E-state index in [4.69, 9.17) is 0 Å². The molecule has 0 radical (unpaired) electrons. The zero-order valence-electron chi connectivity index (χ0n) is 15.3. The number of aliphatic hydroxyl groups excluding tert-OH is 1. The minimum Gasteiger partial charge on any atom is -0.394 e. The predicted molar refractivity (Wildman–Crippen MR) is 97.7 cm³/mol. The normalized spacial score (nSPS) is 23.8. The molecule has 1 aliphatic heterocycles. The summed E-state index contributed by atoms with van der Waals surface area (Å²) in [6.45, 7) is 5.53. The van der Waals surface area contributed by atoms with Crippen LogP contribution >= 0.6 is 0 Å². The van der Waals surface area contributed by atoms with E-state index in [2.05, 4.69) is 0 Å². The molecule has 2 rings (SSSR count). The molecule has 1 aliphatic rings. The van der Waals surface area contributed by atoms with E-state index in [0.29, 0.717) is 6.42 Å². The second-order valence-electron chi connectivity index (χ2n) is 6.83. The van der Waals surface area contributed by atoms with Gasteiger partial charge in [0, 0.05) is 24.9 Å². The number of hydrogen-bond acceptors (Lipinski definition) is 4. The highest BCUT2D eigenvalue weighted by Crippen LogP contribution is 2.41. The Kier molecular flexibility index (Phi) is 6.24. The van der Waals surface area contributed by atoms with Gasteiger partial charge < -0.3 is 10.0 Å². The number of nitrogens with zero attached hydrogens (tertiary/aromatic N) is 2. The number of likely N-dealkylation sites (tertiary alicyclic amines) is 1. The van der Waals surface area contributed by atoms with E-state index in [1.165, 1.54) is 10.6 Å². The molecule has 7 heteroatoms. The van der Waals surface area contributed by atoms with Crippen LogP contribution in [0.4, 0.5) is 0 Å². The molecule has 1 N–H and O–H groups in total. The van der Waals surface area contributed by atoms with E-state index < -0.39 is 10.0 Å². The van der Waals surface area contributed by atoms with Crippen molar-refractivity contribution in [2.75, 3.05) is 19.4 Å². The zero-order valence-corrected chi connectivity index (χ0v) is 16.1. The van der Waals surface area contributed by atoms with Crippen LogP contribution in [0.25, 0.3) is 0 Å². The van der Waals surface area contributed by atoms with Crippen molar-refractivity contribution in [1.82, 2.24) is 9.21 Å². The number of sulfonamides is 1. The Labute approximate surface area is 150 Å². The van der Waals surface area contributed by atoms with Gasteiger partial charge in [-0.1, -0.05) is 37.3 Å². The number of amides is 1. The summed E-state index contributed by atoms with van der Waals surface area (Å²) in [6, 6.07) is 8.90. The van der Waals surface area contributed by atoms with E-state index in [-0.39, 0.29) is 43.1 Å². The number of hydrogen-bond donors (Lipinski definition) is 1. The second kappa shape index (κ2) is 7.85. The number of carbonyl (C=O) groups excluding carboxylic acids is 1. The van der Waals surface area contributed by atoms with E-state index in [0.717, 1.165) is 5.56 Å². The van der Waals surface area contributed by atoms with Crippen LogP contribution in [-0.4, -0.2) is 66.2 Å². The van der Waals surface area contributed by atoms with Crippen molar-refractivity contribution in [2.45, 2.75) is 51.2 Å². The maximum Gasteiger partial charge on any atom is 0.222 e. The standard InChI is InChI=1S/C18H28N2O4S/c1-5-17(22)20-15(11-19(13(2)3)25(4,23)24)18(16(20)12-21)14-9-7-6-8-10-14/h6-10,13,15-16,18,21H,5,11-12H2,1-4H3/t15-,16-,18+/m1/s1. The first-order valence-corrected chi connectivity index (χ1v) is 10.5. The topological polar surface area (TPSA) is 77.9 Å². The Bertz CT molecular complexity index is 690. The summed E-state index contributed by atoms with van der Waals surface area (Å²) >= 11 is 0. The molecule has 1 amide bonds. The SMILES string of the molecule is CCC(=O)N1[C@H](CO)[C@@H](c2ccccc2)[C@H]1CN(C(C)C)S(C)(=O)=O. The lowest BCUT2D eigenvalue weighted by molar-refractivity contribution is -0.151. The van der Waals surface area contributed by atoms with Crippen LogP contribution in [0.15, 0.2) is 30.3 Å². The number of carbonyl (C=O) groups is 1. The van der Waals surface area contributed by atoms with Crippen LogP contribution < -0.4 is 0 Å². The van der Waals surface area contributed by atoms with Crippen LogP contribution in [-0.2, 0) is 14.8 Å². The molecule has 6 nitrogen and oxygen atoms in total. The Morgan fingerprint density at radius 3 is 2.28 bits per heavy atom. The molecule has 1 saturated heterocycles. The molecule has 140 valence electrons. The summed E-state index contributed by atoms with van der Waals surface area (Å²) in [5.41, 5.74) is 1.02. The van der Waals surface area contributed by atoms with Crippen LogP contribution in [0.3, 0.4) is 0 Å². The van der Waals surface area contributed by atoms with Crippen molar-refractivity contribution >= 4 is 15.9 Å². The van der Waals surface area contributed by atoms with Crippen LogP contribution in [0.1, 0.15) is 38.7 Å². The Morgan fingerprint density at radius 1 is 1.24 bits per heavy atom. The fourth-order valence-electron chi connectivity index (χ4n) is 3.74. The lowest BCUT2D eigenvalue weighted by Crippen LogP contribution is -2.69. The summed E-state index contributed by atoms with van der Waals surface area (Å²) in [5.74, 6) is -0.141. The highest BCUT2D eigenvalue weighted by molar-refractivity contribution is 7.88. The number of benzene rings is 1. The van der Waals surface area contributed by atoms with Gasteiger partial charge in [0.1, 0.15) is 0 Å². The van der Waals surface area contributed by atoms with Crippen molar-refractivity contribution in [3.63, 3.8) is 0 Å². The zero-order chi connectivity index (χ0) is 18.8. The smallest absolute Gasteiger partial charge is 0.222 e. The van der Waals surface area contributed by atoms with Gasteiger partial charge in [-0.3, -0.25) is 4.79 Å². The van der Waals surface area contributed by atoms with Gasteiger partial charge in [0.25, 0.3) is 0 Å². The van der Waals surface area contributed by atoms with Gasteiger partial charge in [-0.2, -0.15) is 4.31 Å².